The third-order valence-corrected chi connectivity index (χ3v) is 10.4. The summed E-state index contributed by atoms with van der Waals surface area (Å²) in [5.74, 6) is 0. The summed E-state index contributed by atoms with van der Waals surface area (Å²) < 4.78 is 2.48. The molecular formula is C44H30N2. The van der Waals surface area contributed by atoms with Crippen LogP contribution in [0.3, 0.4) is 0 Å². The molecule has 0 atom stereocenters. The molecule has 0 radical (unpaired) electrons. The Morgan fingerprint density at radius 1 is 0.457 bits per heavy atom. The molecule has 0 unspecified atom stereocenters. The maximum absolute atomic E-state index is 4.64. The highest BCUT2D eigenvalue weighted by Gasteiger charge is 2.36. The van der Waals surface area contributed by atoms with Gasteiger partial charge in [0.25, 0.3) is 0 Å². The van der Waals surface area contributed by atoms with E-state index >= 15 is 0 Å². The molecule has 2 heterocycles. The Hall–Kier alpha value is -5.73. The molecule has 0 saturated heterocycles. The van der Waals surface area contributed by atoms with Crippen molar-refractivity contribution in [1.82, 2.24) is 9.55 Å². The highest BCUT2D eigenvalue weighted by atomic mass is 15.0. The molecule has 0 saturated carbocycles. The molecule has 0 bridgehead atoms. The Labute approximate surface area is 267 Å². The molecule has 0 N–H and O–H groups in total. The van der Waals surface area contributed by atoms with E-state index in [4.69, 9.17) is 0 Å². The van der Waals surface area contributed by atoms with Crippen LogP contribution in [0.15, 0.2) is 146 Å². The molecule has 7 aromatic carbocycles. The van der Waals surface area contributed by atoms with Gasteiger partial charge in [0.2, 0.25) is 0 Å². The van der Waals surface area contributed by atoms with Crippen LogP contribution in [-0.4, -0.2) is 9.55 Å². The highest BCUT2D eigenvalue weighted by molar-refractivity contribution is 6.25. The first-order chi connectivity index (χ1) is 22.6. The van der Waals surface area contributed by atoms with Gasteiger partial charge < -0.3 is 4.57 Å². The summed E-state index contributed by atoms with van der Waals surface area (Å²) >= 11 is 0. The van der Waals surface area contributed by atoms with Gasteiger partial charge in [-0.05, 0) is 103 Å². The molecule has 216 valence electrons. The molecule has 2 nitrogen and oxygen atoms in total. The molecule has 2 heteroatoms. The van der Waals surface area contributed by atoms with Crippen molar-refractivity contribution >= 4 is 54.1 Å². The topological polar surface area (TPSA) is 17.8 Å². The van der Waals surface area contributed by atoms with Crippen LogP contribution in [-0.2, 0) is 5.41 Å². The van der Waals surface area contributed by atoms with E-state index in [0.717, 1.165) is 11.3 Å². The number of pyridine rings is 1. The summed E-state index contributed by atoms with van der Waals surface area (Å²) in [6, 6.07) is 51.5. The normalized spacial score (nSPS) is 13.6. The smallest absolute Gasteiger partial charge is 0.0702 e. The fourth-order valence-corrected chi connectivity index (χ4v) is 8.20. The SMILES string of the molecule is CC1(C)c2cc(-c3ccccn3)ccc2-c2cc3c4ccccc4n(-c4ccc5c6ccccc6c6ccccc6c5c4)c3cc21. The van der Waals surface area contributed by atoms with Gasteiger partial charge in [-0.25, -0.2) is 0 Å². The van der Waals surface area contributed by atoms with Crippen molar-refractivity contribution in [3.8, 4) is 28.1 Å². The Morgan fingerprint density at radius 2 is 1.09 bits per heavy atom. The lowest BCUT2D eigenvalue weighted by atomic mass is 9.81. The van der Waals surface area contributed by atoms with Crippen molar-refractivity contribution in [3.05, 3.63) is 157 Å². The second-order valence-corrected chi connectivity index (χ2v) is 13.2. The van der Waals surface area contributed by atoms with Gasteiger partial charge in [-0.15, -0.1) is 0 Å². The number of para-hydroxylation sites is 1. The van der Waals surface area contributed by atoms with Gasteiger partial charge in [-0.3, -0.25) is 4.98 Å². The molecule has 46 heavy (non-hydrogen) atoms. The van der Waals surface area contributed by atoms with E-state index in [1.54, 1.807) is 0 Å². The molecule has 0 spiro atoms. The van der Waals surface area contributed by atoms with Crippen LogP contribution in [0.25, 0.3) is 82.2 Å². The van der Waals surface area contributed by atoms with Crippen LogP contribution in [0.4, 0.5) is 0 Å². The van der Waals surface area contributed by atoms with Crippen molar-refractivity contribution in [3.63, 3.8) is 0 Å². The standard InChI is InChI=1S/C44H30N2/c1-44(2)39-23-27(41-16-9-10-22-45-41)18-20-34(39)37-25-38-35-15-7-8-17-42(35)46(43(38)26-40(37)44)28-19-21-33-31-13-4-3-11-29(31)30-12-5-6-14-32(30)36(33)24-28/h3-26H,1-2H3. The zero-order chi connectivity index (χ0) is 30.6. The van der Waals surface area contributed by atoms with Gasteiger partial charge in [0.15, 0.2) is 0 Å². The van der Waals surface area contributed by atoms with Gasteiger partial charge in [0.1, 0.15) is 0 Å². The number of rotatable bonds is 2. The number of aromatic nitrogens is 2. The van der Waals surface area contributed by atoms with E-state index in [-0.39, 0.29) is 5.41 Å². The van der Waals surface area contributed by atoms with E-state index in [9.17, 15) is 0 Å². The van der Waals surface area contributed by atoms with Crippen LogP contribution < -0.4 is 0 Å². The first-order valence-corrected chi connectivity index (χ1v) is 16.1. The van der Waals surface area contributed by atoms with E-state index < -0.39 is 0 Å². The first kappa shape index (κ1) is 25.6. The van der Waals surface area contributed by atoms with E-state index in [0.29, 0.717) is 0 Å². The van der Waals surface area contributed by atoms with Gasteiger partial charge in [0, 0.05) is 33.6 Å². The van der Waals surface area contributed by atoms with Crippen molar-refractivity contribution in [1.29, 1.82) is 0 Å². The second kappa shape index (κ2) is 9.15. The predicted octanol–water partition coefficient (Wildman–Crippen LogP) is 11.6. The second-order valence-electron chi connectivity index (χ2n) is 13.2. The lowest BCUT2D eigenvalue weighted by molar-refractivity contribution is 0.661. The quantitative estimate of drug-likeness (QED) is 0.184. The van der Waals surface area contributed by atoms with Crippen molar-refractivity contribution in [2.75, 3.05) is 0 Å². The molecule has 10 rings (SSSR count). The number of nitrogens with zero attached hydrogens (tertiary/aromatic N) is 2. The fourth-order valence-electron chi connectivity index (χ4n) is 8.20. The summed E-state index contributed by atoms with van der Waals surface area (Å²) in [4.78, 5) is 4.64. The third-order valence-electron chi connectivity index (χ3n) is 10.4. The van der Waals surface area contributed by atoms with Crippen LogP contribution >= 0.6 is 0 Å². The van der Waals surface area contributed by atoms with Gasteiger partial charge >= 0.3 is 0 Å². The summed E-state index contributed by atoms with van der Waals surface area (Å²) in [6.07, 6.45) is 1.87. The molecule has 0 fully saturated rings. The molecule has 1 aliphatic rings. The van der Waals surface area contributed by atoms with Crippen LogP contribution in [0, 0.1) is 0 Å². The summed E-state index contributed by atoms with van der Waals surface area (Å²) in [7, 11) is 0. The zero-order valence-electron chi connectivity index (χ0n) is 25.8. The Balaban J connectivity index is 1.25. The number of fused-ring (bicyclic) bond motifs is 12. The lowest BCUT2D eigenvalue weighted by Gasteiger charge is -2.22. The summed E-state index contributed by atoms with van der Waals surface area (Å²) in [5.41, 5.74) is 11.1. The van der Waals surface area contributed by atoms with Gasteiger partial charge in [0.05, 0.1) is 16.7 Å². The monoisotopic (exact) mass is 586 g/mol. The van der Waals surface area contributed by atoms with Gasteiger partial charge in [-0.1, -0.05) is 105 Å². The third kappa shape index (κ3) is 3.39. The van der Waals surface area contributed by atoms with Crippen molar-refractivity contribution in [2.45, 2.75) is 19.3 Å². The maximum Gasteiger partial charge on any atom is 0.0702 e. The van der Waals surface area contributed by atoms with Crippen molar-refractivity contribution < 1.29 is 0 Å². The molecule has 0 amide bonds. The highest BCUT2D eigenvalue weighted by Crippen LogP contribution is 2.52. The van der Waals surface area contributed by atoms with E-state index in [1.807, 2.05) is 12.3 Å². The predicted molar refractivity (Wildman–Crippen MR) is 194 cm³/mol. The Morgan fingerprint density at radius 3 is 1.80 bits per heavy atom. The minimum absolute atomic E-state index is 0.149. The Kier molecular flexibility index (Phi) is 5.09. The first-order valence-electron chi connectivity index (χ1n) is 16.1. The molecule has 9 aromatic rings. The van der Waals surface area contributed by atoms with Crippen LogP contribution in [0.2, 0.25) is 0 Å². The van der Waals surface area contributed by atoms with Crippen LogP contribution in [0.5, 0.6) is 0 Å². The molecule has 2 aromatic heterocycles. The average molecular weight is 587 g/mol. The lowest BCUT2D eigenvalue weighted by Crippen LogP contribution is -2.15. The Bertz CT molecular complexity index is 2680. The minimum atomic E-state index is -0.149. The van der Waals surface area contributed by atoms with Crippen LogP contribution in [0.1, 0.15) is 25.0 Å². The summed E-state index contributed by atoms with van der Waals surface area (Å²) in [6.45, 7) is 4.73. The maximum atomic E-state index is 4.64. The van der Waals surface area contributed by atoms with E-state index in [2.05, 4.69) is 157 Å². The summed E-state index contributed by atoms with van der Waals surface area (Å²) in [5, 5.41) is 10.3. The number of benzene rings is 7. The van der Waals surface area contributed by atoms with Gasteiger partial charge in [-0.2, -0.15) is 0 Å². The fraction of sp³-hybridized carbons (Fsp3) is 0.0682. The molecular weight excluding hydrogens is 556 g/mol. The molecule has 1 aliphatic carbocycles. The number of hydrogen-bond acceptors (Lipinski definition) is 1. The largest absolute Gasteiger partial charge is 0.309 e. The van der Waals surface area contributed by atoms with Crippen molar-refractivity contribution in [2.24, 2.45) is 0 Å². The average Bonchev–Trinajstić information content (AvgIpc) is 3.55. The number of hydrogen-bond donors (Lipinski definition) is 0. The zero-order valence-corrected chi connectivity index (χ0v) is 25.8. The molecule has 0 aliphatic heterocycles. The minimum Gasteiger partial charge on any atom is -0.309 e. The van der Waals surface area contributed by atoms with E-state index in [1.165, 1.54) is 82.1 Å².